The Kier molecular flexibility index (Phi) is 5.34. The molecule has 0 amide bonds. The van der Waals surface area contributed by atoms with Crippen molar-refractivity contribution in [1.82, 2.24) is 0 Å². The lowest BCUT2D eigenvalue weighted by Gasteiger charge is -2.49. The van der Waals surface area contributed by atoms with Gasteiger partial charge in [0.2, 0.25) is 17.1 Å². The summed E-state index contributed by atoms with van der Waals surface area (Å²) < 4.78 is 18.5. The molecule has 2 aliphatic heterocycles. The van der Waals surface area contributed by atoms with Crippen molar-refractivity contribution in [3.8, 4) is 24.0 Å². The van der Waals surface area contributed by atoms with E-state index in [9.17, 15) is 15.8 Å². The van der Waals surface area contributed by atoms with Crippen molar-refractivity contribution in [1.29, 1.82) is 21.2 Å². The van der Waals surface area contributed by atoms with Gasteiger partial charge in [-0.1, -0.05) is 29.8 Å². The van der Waals surface area contributed by atoms with Crippen molar-refractivity contribution in [3.63, 3.8) is 0 Å². The SMILES string of the molecule is CCCC12OC(=N)C(C#N)(C1CC)C(C#N)(C#N)C(c1cc(Br)ccc1OC)O2. The number of nitrogens with zero attached hydrogens (tertiary/aromatic N) is 3. The molecule has 0 saturated carbocycles. The monoisotopic (exact) mass is 456 g/mol. The summed E-state index contributed by atoms with van der Waals surface area (Å²) in [6.07, 6.45) is 0.391. The second-order valence-electron chi connectivity index (χ2n) is 7.29. The molecule has 0 spiro atoms. The first kappa shape index (κ1) is 21.1. The number of methoxy groups -OCH3 is 1. The van der Waals surface area contributed by atoms with E-state index in [1.807, 2.05) is 13.8 Å². The molecule has 2 heterocycles. The van der Waals surface area contributed by atoms with Gasteiger partial charge in [-0.05, 0) is 31.0 Å². The second-order valence-corrected chi connectivity index (χ2v) is 8.21. The summed E-state index contributed by atoms with van der Waals surface area (Å²) in [4.78, 5) is 0. The molecule has 150 valence electrons. The average molecular weight is 457 g/mol. The Morgan fingerprint density at radius 3 is 2.41 bits per heavy atom. The van der Waals surface area contributed by atoms with E-state index >= 15 is 0 Å². The fraction of sp³-hybridized carbons (Fsp3) is 0.524. The van der Waals surface area contributed by atoms with Gasteiger partial charge in [-0.3, -0.25) is 5.41 Å². The Bertz CT molecular complexity index is 962. The van der Waals surface area contributed by atoms with Gasteiger partial charge in [-0.2, -0.15) is 15.8 Å². The summed E-state index contributed by atoms with van der Waals surface area (Å²) in [5.41, 5.74) is -3.28. The number of hydrogen-bond donors (Lipinski definition) is 1. The summed E-state index contributed by atoms with van der Waals surface area (Å²) in [7, 11) is 1.49. The first-order chi connectivity index (χ1) is 13.9. The van der Waals surface area contributed by atoms with E-state index in [0.29, 0.717) is 35.0 Å². The zero-order valence-corrected chi connectivity index (χ0v) is 18.0. The van der Waals surface area contributed by atoms with Crippen molar-refractivity contribution >= 4 is 21.8 Å². The van der Waals surface area contributed by atoms with Crippen LogP contribution in [0.3, 0.4) is 0 Å². The van der Waals surface area contributed by atoms with Crippen molar-refractivity contribution in [2.24, 2.45) is 16.7 Å². The largest absolute Gasteiger partial charge is 0.496 e. The molecule has 3 rings (SSSR count). The minimum absolute atomic E-state index is 0.375. The minimum atomic E-state index is -1.98. The van der Waals surface area contributed by atoms with Crippen molar-refractivity contribution < 1.29 is 14.2 Å². The quantitative estimate of drug-likeness (QED) is 0.689. The van der Waals surface area contributed by atoms with Gasteiger partial charge < -0.3 is 14.2 Å². The van der Waals surface area contributed by atoms with E-state index in [0.717, 1.165) is 0 Å². The van der Waals surface area contributed by atoms with Crippen LogP contribution in [0, 0.1) is 56.2 Å². The lowest BCUT2D eigenvalue weighted by atomic mass is 9.52. The minimum Gasteiger partial charge on any atom is -0.496 e. The highest BCUT2D eigenvalue weighted by atomic mass is 79.9. The van der Waals surface area contributed by atoms with Crippen LogP contribution in [-0.2, 0) is 9.47 Å². The van der Waals surface area contributed by atoms with Crippen molar-refractivity contribution in [3.05, 3.63) is 28.2 Å². The van der Waals surface area contributed by atoms with Gasteiger partial charge in [0.25, 0.3) is 0 Å². The maximum absolute atomic E-state index is 10.3. The molecule has 0 aromatic heterocycles. The Morgan fingerprint density at radius 1 is 1.21 bits per heavy atom. The van der Waals surface area contributed by atoms with Crippen LogP contribution in [0.4, 0.5) is 0 Å². The van der Waals surface area contributed by atoms with Crippen molar-refractivity contribution in [2.75, 3.05) is 7.11 Å². The normalized spacial score (nSPS) is 31.8. The van der Waals surface area contributed by atoms with Crippen LogP contribution < -0.4 is 4.74 Å². The predicted octanol–water partition coefficient (Wildman–Crippen LogP) is 4.60. The fourth-order valence-corrected chi connectivity index (χ4v) is 5.24. The molecule has 4 unspecified atom stereocenters. The molecule has 4 atom stereocenters. The topological polar surface area (TPSA) is 123 Å². The Balaban J connectivity index is 2.39. The van der Waals surface area contributed by atoms with Crippen LogP contribution in [0.2, 0.25) is 0 Å². The Labute approximate surface area is 178 Å². The lowest BCUT2D eigenvalue weighted by molar-refractivity contribution is -0.286. The highest BCUT2D eigenvalue weighted by Crippen LogP contribution is 2.68. The first-order valence-electron chi connectivity index (χ1n) is 9.39. The van der Waals surface area contributed by atoms with Gasteiger partial charge in [0.15, 0.2) is 5.41 Å². The summed E-state index contributed by atoms with van der Waals surface area (Å²) >= 11 is 3.42. The highest BCUT2D eigenvalue weighted by molar-refractivity contribution is 9.10. The molecule has 1 aromatic carbocycles. The van der Waals surface area contributed by atoms with Gasteiger partial charge in [0, 0.05) is 16.5 Å². The number of fused-ring (bicyclic) bond motifs is 2. The van der Waals surface area contributed by atoms with Crippen LogP contribution in [0.5, 0.6) is 5.75 Å². The molecule has 2 bridgehead atoms. The molecule has 0 aliphatic carbocycles. The van der Waals surface area contributed by atoms with Crippen LogP contribution in [0.1, 0.15) is 44.8 Å². The lowest BCUT2D eigenvalue weighted by Crippen LogP contribution is -2.59. The number of nitriles is 3. The standard InChI is InChI=1S/C21H21BrN4O3/c1-4-8-21-16(5-2)20(12-25,18(26)29-21)19(10-23,11-24)17(28-21)14-9-13(22)6-7-15(14)27-3/h6-7,9,16-17,26H,4-5,8H2,1-3H3. The van der Waals surface area contributed by atoms with E-state index in [4.69, 9.17) is 19.6 Å². The third kappa shape index (κ3) is 2.51. The molecular weight excluding hydrogens is 436 g/mol. The molecule has 2 aliphatic rings. The Hall–Kier alpha value is -2.60. The molecule has 1 aromatic rings. The maximum atomic E-state index is 10.3. The van der Waals surface area contributed by atoms with Crippen LogP contribution in [-0.4, -0.2) is 18.8 Å². The van der Waals surface area contributed by atoms with Gasteiger partial charge >= 0.3 is 0 Å². The molecule has 29 heavy (non-hydrogen) atoms. The smallest absolute Gasteiger partial charge is 0.217 e. The van der Waals surface area contributed by atoms with E-state index in [1.165, 1.54) is 7.11 Å². The molecule has 2 fully saturated rings. The molecule has 8 heteroatoms. The summed E-state index contributed by atoms with van der Waals surface area (Å²) in [6.45, 7) is 3.81. The third-order valence-corrected chi connectivity index (χ3v) is 6.52. The zero-order valence-electron chi connectivity index (χ0n) is 16.5. The summed E-state index contributed by atoms with van der Waals surface area (Å²) in [5, 5.41) is 39.4. The Morgan fingerprint density at radius 2 is 1.90 bits per heavy atom. The fourth-order valence-electron chi connectivity index (χ4n) is 4.86. The van der Waals surface area contributed by atoms with Crippen LogP contribution in [0.15, 0.2) is 22.7 Å². The number of nitrogens with one attached hydrogen (secondary N) is 1. The molecule has 1 N–H and O–H groups in total. The number of hydrogen-bond acceptors (Lipinski definition) is 7. The van der Waals surface area contributed by atoms with E-state index in [-0.39, 0.29) is 5.90 Å². The highest BCUT2D eigenvalue weighted by Gasteiger charge is 2.79. The first-order valence-corrected chi connectivity index (χ1v) is 10.2. The summed E-state index contributed by atoms with van der Waals surface area (Å²) in [6, 6.07) is 11.5. The number of benzene rings is 1. The van der Waals surface area contributed by atoms with E-state index in [2.05, 4.69) is 34.1 Å². The van der Waals surface area contributed by atoms with Crippen LogP contribution in [0.25, 0.3) is 0 Å². The van der Waals surface area contributed by atoms with Gasteiger partial charge in [-0.15, -0.1) is 0 Å². The third-order valence-electron chi connectivity index (χ3n) is 6.03. The van der Waals surface area contributed by atoms with Gasteiger partial charge in [0.05, 0.1) is 31.2 Å². The average Bonchev–Trinajstić information content (AvgIpc) is 2.91. The summed E-state index contributed by atoms with van der Waals surface area (Å²) in [5.74, 6) is -1.83. The molecule has 2 saturated heterocycles. The van der Waals surface area contributed by atoms with Crippen LogP contribution >= 0.6 is 15.9 Å². The second kappa shape index (κ2) is 7.34. The zero-order chi connectivity index (χ0) is 21.4. The molecular formula is C21H21BrN4O3. The maximum Gasteiger partial charge on any atom is 0.217 e. The number of rotatable bonds is 5. The van der Waals surface area contributed by atoms with E-state index in [1.54, 1.807) is 18.2 Å². The van der Waals surface area contributed by atoms with Crippen molar-refractivity contribution in [2.45, 2.75) is 45.0 Å². The number of halogens is 1. The predicted molar refractivity (Wildman–Crippen MR) is 106 cm³/mol. The molecule has 0 radical (unpaired) electrons. The number of ether oxygens (including phenoxy) is 3. The van der Waals surface area contributed by atoms with Gasteiger partial charge in [0.1, 0.15) is 11.9 Å². The van der Waals surface area contributed by atoms with Gasteiger partial charge in [-0.25, -0.2) is 0 Å². The molecule has 7 nitrogen and oxygen atoms in total. The van der Waals surface area contributed by atoms with E-state index < -0.39 is 28.6 Å².